The van der Waals surface area contributed by atoms with Crippen LogP contribution in [0.5, 0.6) is 0 Å². The summed E-state index contributed by atoms with van der Waals surface area (Å²) >= 11 is 7.53. The normalized spacial score (nSPS) is 18.3. The first-order chi connectivity index (χ1) is 31.6. The third kappa shape index (κ3) is 14.3. The molecule has 4 aromatic rings. The first-order valence-electron chi connectivity index (χ1n) is 22.7. The summed E-state index contributed by atoms with van der Waals surface area (Å²) in [5, 5.41) is 3.86. The van der Waals surface area contributed by atoms with E-state index in [1.165, 1.54) is 46.7 Å². The number of allylic oxidation sites excluding steroid dienone is 1. The van der Waals surface area contributed by atoms with Crippen molar-refractivity contribution in [2.24, 2.45) is 5.92 Å². The van der Waals surface area contributed by atoms with Crippen molar-refractivity contribution in [3.63, 3.8) is 0 Å². The number of amides is 1. The lowest BCUT2D eigenvalue weighted by Gasteiger charge is -2.40. The summed E-state index contributed by atoms with van der Waals surface area (Å²) in [5.41, 5.74) is 0.762. The van der Waals surface area contributed by atoms with Crippen LogP contribution in [0.3, 0.4) is 0 Å². The predicted molar refractivity (Wildman–Crippen MR) is 262 cm³/mol. The molecule has 7 rings (SSSR count). The van der Waals surface area contributed by atoms with Crippen molar-refractivity contribution in [2.45, 2.75) is 73.4 Å². The second-order valence-electron chi connectivity index (χ2n) is 18.2. The average Bonchev–Trinajstić information content (AvgIpc) is 3.29. The highest BCUT2D eigenvalue weighted by atomic mass is 35.5. The monoisotopic (exact) mass is 961 g/mol. The Hall–Kier alpha value is -4.47. The van der Waals surface area contributed by atoms with Crippen molar-refractivity contribution in [3.05, 3.63) is 124 Å². The fraction of sp³-hybridized carbons (Fsp3) is 0.431. The Balaban J connectivity index is 0.959. The van der Waals surface area contributed by atoms with E-state index in [0.29, 0.717) is 30.3 Å². The van der Waals surface area contributed by atoms with Gasteiger partial charge in [-0.3, -0.25) is 14.6 Å². The van der Waals surface area contributed by atoms with Crippen molar-refractivity contribution in [3.8, 4) is 0 Å². The van der Waals surface area contributed by atoms with Gasteiger partial charge >= 0.3 is 11.6 Å². The molecule has 2 fully saturated rings. The first-order valence-corrected chi connectivity index (χ1v) is 24.8. The summed E-state index contributed by atoms with van der Waals surface area (Å²) in [5.74, 6) is 0.612. The molecule has 2 saturated heterocycles. The molecule has 1 aliphatic carbocycles. The minimum absolute atomic E-state index is 0.113. The van der Waals surface area contributed by atoms with Gasteiger partial charge in [0.1, 0.15) is 11.9 Å². The number of benzene rings is 4. The van der Waals surface area contributed by atoms with E-state index in [9.17, 15) is 27.6 Å². The largest absolute Gasteiger partial charge is 0.446 e. The molecule has 3 aliphatic rings. The van der Waals surface area contributed by atoms with E-state index in [0.717, 1.165) is 93.5 Å². The molecule has 2 atom stereocenters. The number of carbonyl (C=O) groups is 3. The van der Waals surface area contributed by atoms with Crippen molar-refractivity contribution in [1.29, 1.82) is 0 Å². The van der Waals surface area contributed by atoms with Crippen LogP contribution >= 0.6 is 35.1 Å². The van der Waals surface area contributed by atoms with Gasteiger partial charge in [-0.2, -0.15) is 13.2 Å². The third-order valence-corrected chi connectivity index (χ3v) is 14.4. The van der Waals surface area contributed by atoms with Crippen molar-refractivity contribution < 1.29 is 32.3 Å². The predicted octanol–water partition coefficient (Wildman–Crippen LogP) is 11.3. The Bertz CT molecular complexity index is 2300. The van der Waals surface area contributed by atoms with Crippen molar-refractivity contribution >= 4 is 70.2 Å². The highest BCUT2D eigenvalue weighted by Gasteiger charge is 2.33. The topological polar surface area (TPSA) is 85.4 Å². The van der Waals surface area contributed by atoms with Gasteiger partial charge in [-0.25, -0.2) is 4.79 Å². The number of carbonyl (C=O) groups excluding carboxylic acids is 3. The standard InChI is InChI=1S/C51H59ClF3N5O4S2/c1-50(2,3)64-49(63)60-28-24-57(25-29-60)33-36-9-19-45(37-10-15-41(52)16-11-37)40(31-36)34-58-22-26-59(27-23-58)43-17-12-38(13-18-43)48(62)39-14-20-46(47(32-39)66-51(53,54)55)56-42(21-30-61)35-65-44-7-5-4-6-8-44/h4-8,10-18,20,30,32,36,42,56H,9,19,21-29,31,33-35H2,1-3H3. The molecule has 15 heteroatoms. The molecule has 66 heavy (non-hydrogen) atoms. The molecule has 4 aromatic carbocycles. The molecule has 1 N–H and O–H groups in total. The lowest BCUT2D eigenvalue weighted by Crippen LogP contribution is -2.51. The van der Waals surface area contributed by atoms with Crippen LogP contribution in [0.15, 0.2) is 112 Å². The van der Waals surface area contributed by atoms with Gasteiger partial charge in [0.05, 0.1) is 0 Å². The number of ether oxygens (including phenoxy) is 1. The minimum atomic E-state index is -4.58. The number of aldehydes is 1. The van der Waals surface area contributed by atoms with Crippen LogP contribution < -0.4 is 10.2 Å². The third-order valence-electron chi connectivity index (χ3n) is 12.2. The van der Waals surface area contributed by atoms with E-state index in [-0.39, 0.29) is 46.2 Å². The quantitative estimate of drug-likeness (QED) is 0.0666. The van der Waals surface area contributed by atoms with Gasteiger partial charge < -0.3 is 24.6 Å². The summed E-state index contributed by atoms with van der Waals surface area (Å²) in [6.07, 6.45) is 3.76. The molecule has 0 radical (unpaired) electrons. The van der Waals surface area contributed by atoms with E-state index in [1.807, 2.05) is 80.3 Å². The molecule has 0 bridgehead atoms. The van der Waals surface area contributed by atoms with Crippen molar-refractivity contribution in [2.75, 3.05) is 81.4 Å². The highest BCUT2D eigenvalue weighted by molar-refractivity contribution is 8.00. The van der Waals surface area contributed by atoms with Gasteiger partial charge in [-0.05, 0) is 136 Å². The maximum Gasteiger partial charge on any atom is 0.446 e. The lowest BCUT2D eigenvalue weighted by atomic mass is 9.80. The molecule has 2 heterocycles. The molecule has 0 aromatic heterocycles. The van der Waals surface area contributed by atoms with Crippen molar-refractivity contribution in [1.82, 2.24) is 14.7 Å². The Morgan fingerprint density at radius 1 is 0.848 bits per heavy atom. The number of rotatable bonds is 16. The zero-order valence-electron chi connectivity index (χ0n) is 37.8. The molecule has 9 nitrogen and oxygen atoms in total. The molecule has 2 aliphatic heterocycles. The van der Waals surface area contributed by atoms with Gasteiger partial charge in [0, 0.05) is 121 Å². The SMILES string of the molecule is CC(C)(C)OC(=O)N1CCN(CC2CCC(c3ccc(Cl)cc3)=C(CN3CCN(c4ccc(C(=O)c5ccc(NC(CC=O)CSc6ccccc6)c(SC(F)(F)F)c5)cc4)CC3)C2)CC1. The van der Waals surface area contributed by atoms with Gasteiger partial charge in [0.25, 0.3) is 0 Å². The summed E-state index contributed by atoms with van der Waals surface area (Å²) in [7, 11) is 0. The zero-order chi connectivity index (χ0) is 46.8. The fourth-order valence-electron chi connectivity index (χ4n) is 8.85. The number of hydrogen-bond donors (Lipinski definition) is 1. The lowest BCUT2D eigenvalue weighted by molar-refractivity contribution is -0.108. The number of nitrogens with zero attached hydrogens (tertiary/aromatic N) is 4. The van der Waals surface area contributed by atoms with Crippen LogP contribution in [0.1, 0.15) is 67.9 Å². The number of piperazine rings is 2. The van der Waals surface area contributed by atoms with Gasteiger partial charge in [-0.15, -0.1) is 11.8 Å². The van der Waals surface area contributed by atoms with E-state index < -0.39 is 17.2 Å². The number of anilines is 2. The van der Waals surface area contributed by atoms with E-state index in [4.69, 9.17) is 16.3 Å². The summed E-state index contributed by atoms with van der Waals surface area (Å²) < 4.78 is 47.1. The Morgan fingerprint density at radius 2 is 1.52 bits per heavy atom. The average molecular weight is 963 g/mol. The molecule has 0 saturated carbocycles. The number of hydrogen-bond acceptors (Lipinski definition) is 10. The highest BCUT2D eigenvalue weighted by Crippen LogP contribution is 2.42. The van der Waals surface area contributed by atoms with Crippen LogP contribution in [0.4, 0.5) is 29.3 Å². The van der Waals surface area contributed by atoms with E-state index >= 15 is 0 Å². The molecule has 2 unspecified atom stereocenters. The van der Waals surface area contributed by atoms with Crippen LogP contribution in [0, 0.1) is 5.92 Å². The summed E-state index contributed by atoms with van der Waals surface area (Å²) in [6.45, 7) is 13.9. The summed E-state index contributed by atoms with van der Waals surface area (Å²) in [4.78, 5) is 47.9. The number of thioether (sulfide) groups is 2. The van der Waals surface area contributed by atoms with Gasteiger partial charge in [0.2, 0.25) is 0 Å². The molecular weight excluding hydrogens is 903 g/mol. The number of ketones is 1. The Morgan fingerprint density at radius 3 is 2.17 bits per heavy atom. The Labute approximate surface area is 400 Å². The first kappa shape index (κ1) is 49.4. The van der Waals surface area contributed by atoms with Crippen LogP contribution in [0.25, 0.3) is 5.57 Å². The van der Waals surface area contributed by atoms with E-state index in [2.05, 4.69) is 32.1 Å². The minimum Gasteiger partial charge on any atom is -0.444 e. The van der Waals surface area contributed by atoms with Gasteiger partial charge in [0.15, 0.2) is 5.78 Å². The number of nitrogens with one attached hydrogen (secondary N) is 1. The van der Waals surface area contributed by atoms with Crippen LogP contribution in [-0.2, 0) is 9.53 Å². The fourth-order valence-corrected chi connectivity index (χ4v) is 10.6. The zero-order valence-corrected chi connectivity index (χ0v) is 40.2. The van der Waals surface area contributed by atoms with Gasteiger partial charge in [-0.1, -0.05) is 47.5 Å². The number of alkyl halides is 3. The molecule has 352 valence electrons. The Kier molecular flexibility index (Phi) is 16.9. The van der Waals surface area contributed by atoms with E-state index in [1.54, 1.807) is 12.1 Å². The number of halogens is 4. The molecule has 1 amide bonds. The smallest absolute Gasteiger partial charge is 0.444 e. The van der Waals surface area contributed by atoms with Crippen LogP contribution in [0.2, 0.25) is 5.02 Å². The second-order valence-corrected chi connectivity index (χ2v) is 20.9. The molecular formula is C51H59ClF3N5O4S2. The summed E-state index contributed by atoms with van der Waals surface area (Å²) in [6, 6.07) is 29.0. The van der Waals surface area contributed by atoms with Crippen LogP contribution in [-0.4, -0.2) is 121 Å². The maximum atomic E-state index is 13.8. The second kappa shape index (κ2) is 22.6. The maximum absolute atomic E-state index is 13.8. The molecule has 0 spiro atoms.